The smallest absolute Gasteiger partial charge is 0.259 e. The molecular formula is C17H25ClN4O2S. The summed E-state index contributed by atoms with van der Waals surface area (Å²) in [7, 11) is 0. The molecule has 1 aliphatic carbocycles. The van der Waals surface area contributed by atoms with E-state index in [1.165, 1.54) is 10.4 Å². The molecule has 1 unspecified atom stereocenters. The molecule has 2 atom stereocenters. The normalized spacial score (nSPS) is 17.6. The van der Waals surface area contributed by atoms with Crippen molar-refractivity contribution in [2.75, 3.05) is 6.54 Å². The van der Waals surface area contributed by atoms with Crippen molar-refractivity contribution in [2.45, 2.75) is 52.0 Å². The Morgan fingerprint density at radius 2 is 2.28 bits per heavy atom. The molecule has 1 amide bonds. The average molecular weight is 385 g/mol. The molecule has 2 aromatic heterocycles. The van der Waals surface area contributed by atoms with Gasteiger partial charge in [0.15, 0.2) is 0 Å². The molecule has 138 valence electrons. The lowest BCUT2D eigenvalue weighted by Gasteiger charge is -2.17. The quantitative estimate of drug-likeness (QED) is 0.733. The first-order valence-electron chi connectivity index (χ1n) is 8.50. The van der Waals surface area contributed by atoms with Gasteiger partial charge in [-0.2, -0.15) is 0 Å². The predicted molar refractivity (Wildman–Crippen MR) is 104 cm³/mol. The number of rotatable bonds is 5. The van der Waals surface area contributed by atoms with Crippen LogP contribution in [0.15, 0.2) is 4.79 Å². The zero-order valence-corrected chi connectivity index (χ0v) is 16.2. The second-order valence-electron chi connectivity index (χ2n) is 6.75. The second kappa shape index (κ2) is 8.29. The van der Waals surface area contributed by atoms with Gasteiger partial charge in [-0.25, -0.2) is 4.98 Å². The van der Waals surface area contributed by atoms with Crippen molar-refractivity contribution < 1.29 is 4.79 Å². The Morgan fingerprint density at radius 1 is 1.52 bits per heavy atom. The third kappa shape index (κ3) is 4.40. The molecule has 0 saturated heterocycles. The van der Waals surface area contributed by atoms with E-state index in [2.05, 4.69) is 22.2 Å². The van der Waals surface area contributed by atoms with Crippen molar-refractivity contribution >= 4 is 39.9 Å². The van der Waals surface area contributed by atoms with Gasteiger partial charge in [0.05, 0.1) is 5.39 Å². The number of amides is 1. The summed E-state index contributed by atoms with van der Waals surface area (Å²) in [4.78, 5) is 33.9. The van der Waals surface area contributed by atoms with E-state index in [0.717, 1.165) is 29.5 Å². The van der Waals surface area contributed by atoms with E-state index in [9.17, 15) is 9.59 Å². The lowest BCUT2D eigenvalue weighted by Crippen LogP contribution is -2.37. The third-order valence-electron chi connectivity index (χ3n) is 4.56. The highest BCUT2D eigenvalue weighted by atomic mass is 35.5. The Balaban J connectivity index is 0.00000225. The predicted octanol–water partition coefficient (Wildman–Crippen LogP) is 1.93. The molecule has 3 rings (SSSR count). The van der Waals surface area contributed by atoms with Crippen LogP contribution >= 0.6 is 23.7 Å². The number of thiophene rings is 1. The number of aromatic nitrogens is 2. The Bertz CT molecular complexity index is 817. The van der Waals surface area contributed by atoms with Crippen LogP contribution < -0.4 is 16.6 Å². The zero-order valence-electron chi connectivity index (χ0n) is 14.6. The van der Waals surface area contributed by atoms with Crippen molar-refractivity contribution in [1.29, 1.82) is 0 Å². The fourth-order valence-electron chi connectivity index (χ4n) is 3.15. The van der Waals surface area contributed by atoms with Crippen LogP contribution in [-0.4, -0.2) is 28.5 Å². The number of nitrogens with zero attached hydrogens (tertiary/aromatic N) is 1. The molecule has 1 aliphatic rings. The van der Waals surface area contributed by atoms with Crippen LogP contribution in [0.4, 0.5) is 0 Å². The highest BCUT2D eigenvalue weighted by Crippen LogP contribution is 2.35. The van der Waals surface area contributed by atoms with Gasteiger partial charge in [-0.05, 0) is 37.7 Å². The van der Waals surface area contributed by atoms with Crippen LogP contribution in [0, 0.1) is 5.92 Å². The Labute approximate surface area is 157 Å². The molecule has 25 heavy (non-hydrogen) atoms. The maximum atomic E-state index is 12.5. The summed E-state index contributed by atoms with van der Waals surface area (Å²) in [5, 5.41) is 3.57. The lowest BCUT2D eigenvalue weighted by molar-refractivity contribution is -0.121. The van der Waals surface area contributed by atoms with Gasteiger partial charge < -0.3 is 16.0 Å². The summed E-state index contributed by atoms with van der Waals surface area (Å²) in [6, 6.07) is -0.0435. The molecule has 0 aromatic carbocycles. The highest BCUT2D eigenvalue weighted by Gasteiger charge is 2.23. The van der Waals surface area contributed by atoms with Crippen LogP contribution in [0.25, 0.3) is 10.2 Å². The Kier molecular flexibility index (Phi) is 6.59. The van der Waals surface area contributed by atoms with E-state index in [-0.39, 0.29) is 29.9 Å². The molecular weight excluding hydrogens is 360 g/mol. The van der Waals surface area contributed by atoms with Gasteiger partial charge in [0.25, 0.3) is 5.56 Å². The van der Waals surface area contributed by atoms with Gasteiger partial charge in [0, 0.05) is 30.3 Å². The van der Waals surface area contributed by atoms with Gasteiger partial charge in [0.1, 0.15) is 10.7 Å². The summed E-state index contributed by atoms with van der Waals surface area (Å²) in [6.07, 6.45) is 3.83. The maximum absolute atomic E-state index is 12.5. The number of hydrogen-bond acceptors (Lipinski definition) is 5. The first kappa shape index (κ1) is 19.9. The Morgan fingerprint density at radius 3 is 3.00 bits per heavy atom. The van der Waals surface area contributed by atoms with Gasteiger partial charge in [0.2, 0.25) is 5.91 Å². The van der Waals surface area contributed by atoms with E-state index in [1.807, 2.05) is 6.92 Å². The second-order valence-corrected chi connectivity index (χ2v) is 7.83. The Hall–Kier alpha value is -1.44. The van der Waals surface area contributed by atoms with Crippen LogP contribution in [-0.2, 0) is 24.1 Å². The third-order valence-corrected chi connectivity index (χ3v) is 5.71. The van der Waals surface area contributed by atoms with Crippen LogP contribution in [0.5, 0.6) is 0 Å². The van der Waals surface area contributed by atoms with Crippen LogP contribution in [0.1, 0.15) is 43.0 Å². The van der Waals surface area contributed by atoms with E-state index in [1.54, 1.807) is 11.3 Å². The lowest BCUT2D eigenvalue weighted by atomic mass is 9.89. The standard InChI is InChI=1S/C17H24N4O2S.ClH/c1-9-3-4-11-12(7-9)24-17-15(11)16(23)20-13(21-17)5-6-14(22)19-10(2)8-18;/h9-10H,3-8,18H2,1-2H3,(H,19,22)(H,20,21,23);1H/t9?,10-;/m0./s1. The summed E-state index contributed by atoms with van der Waals surface area (Å²) in [6.45, 7) is 4.52. The van der Waals surface area contributed by atoms with Crippen molar-refractivity contribution in [3.05, 3.63) is 26.6 Å². The number of nitrogens with one attached hydrogen (secondary N) is 2. The molecule has 0 saturated carbocycles. The topological polar surface area (TPSA) is 101 Å². The molecule has 0 radical (unpaired) electrons. The molecule has 0 spiro atoms. The minimum atomic E-state index is -0.0741. The number of H-pyrrole nitrogens is 1. The fourth-order valence-corrected chi connectivity index (χ4v) is 4.55. The number of carbonyl (C=O) groups excluding carboxylic acids is 1. The number of carbonyl (C=O) groups is 1. The first-order valence-corrected chi connectivity index (χ1v) is 9.32. The summed E-state index contributed by atoms with van der Waals surface area (Å²) >= 11 is 1.63. The number of hydrogen-bond donors (Lipinski definition) is 3. The van der Waals surface area contributed by atoms with Crippen molar-refractivity contribution in [3.8, 4) is 0 Å². The van der Waals surface area contributed by atoms with Crippen LogP contribution in [0.2, 0.25) is 0 Å². The molecule has 0 fully saturated rings. The van der Waals surface area contributed by atoms with E-state index >= 15 is 0 Å². The fraction of sp³-hybridized carbons (Fsp3) is 0.588. The maximum Gasteiger partial charge on any atom is 0.259 e. The van der Waals surface area contributed by atoms with Gasteiger partial charge >= 0.3 is 0 Å². The minimum absolute atomic E-state index is 0. The van der Waals surface area contributed by atoms with Crippen molar-refractivity contribution in [3.63, 3.8) is 0 Å². The average Bonchev–Trinajstić information content (AvgIpc) is 2.90. The molecule has 8 heteroatoms. The largest absolute Gasteiger partial charge is 0.352 e. The monoisotopic (exact) mass is 384 g/mol. The number of aryl methyl sites for hydroxylation is 2. The SMILES string of the molecule is CC1CCc2c(sc3nc(CCC(=O)N[C@@H](C)CN)[nH]c(=O)c23)C1.Cl. The van der Waals surface area contributed by atoms with Crippen molar-refractivity contribution in [2.24, 2.45) is 11.7 Å². The summed E-state index contributed by atoms with van der Waals surface area (Å²) in [5.74, 6) is 1.17. The van der Waals surface area contributed by atoms with Gasteiger partial charge in [-0.3, -0.25) is 9.59 Å². The number of halogens is 1. The highest BCUT2D eigenvalue weighted by molar-refractivity contribution is 7.18. The van der Waals surface area contributed by atoms with Crippen molar-refractivity contribution in [1.82, 2.24) is 15.3 Å². The van der Waals surface area contributed by atoms with Crippen LogP contribution in [0.3, 0.4) is 0 Å². The molecule has 6 nitrogen and oxygen atoms in total. The number of nitrogens with two attached hydrogens (primary N) is 1. The number of fused-ring (bicyclic) bond motifs is 3. The molecule has 2 aromatic rings. The van der Waals surface area contributed by atoms with E-state index in [4.69, 9.17) is 5.73 Å². The summed E-state index contributed by atoms with van der Waals surface area (Å²) < 4.78 is 0. The van der Waals surface area contributed by atoms with Gasteiger partial charge in [-0.15, -0.1) is 23.7 Å². The molecule has 0 aliphatic heterocycles. The molecule has 4 N–H and O–H groups in total. The molecule has 0 bridgehead atoms. The minimum Gasteiger partial charge on any atom is -0.352 e. The number of aromatic amines is 1. The van der Waals surface area contributed by atoms with E-state index < -0.39 is 0 Å². The first-order chi connectivity index (χ1) is 11.5. The van der Waals surface area contributed by atoms with E-state index in [0.29, 0.717) is 31.1 Å². The molecule has 2 heterocycles. The zero-order chi connectivity index (χ0) is 17.3. The summed E-state index contributed by atoms with van der Waals surface area (Å²) in [5.41, 5.74) is 6.61. The van der Waals surface area contributed by atoms with Gasteiger partial charge in [-0.1, -0.05) is 6.92 Å².